The number of fused-ring (bicyclic) bond motifs is 1. The summed E-state index contributed by atoms with van der Waals surface area (Å²) < 4.78 is 25.6. The first-order valence-corrected chi connectivity index (χ1v) is 9.18. The Kier molecular flexibility index (Phi) is 4.38. The monoisotopic (exact) mass is 395 g/mol. The van der Waals surface area contributed by atoms with Crippen molar-refractivity contribution in [1.82, 2.24) is 4.83 Å². The summed E-state index contributed by atoms with van der Waals surface area (Å²) in [5.74, 6) is -0.0527. The van der Waals surface area contributed by atoms with Crippen LogP contribution in [0.2, 0.25) is 0 Å². The van der Waals surface area contributed by atoms with E-state index in [0.29, 0.717) is 24.2 Å². The Bertz CT molecular complexity index is 851. The zero-order valence-electron chi connectivity index (χ0n) is 12.0. The first-order valence-electron chi connectivity index (χ1n) is 6.90. The lowest BCUT2D eigenvalue weighted by Crippen LogP contribution is -2.29. The number of carbonyl (C=O) groups is 1. The Hall–Kier alpha value is -1.90. The van der Waals surface area contributed by atoms with E-state index in [-0.39, 0.29) is 10.8 Å². The van der Waals surface area contributed by atoms with Crippen molar-refractivity contribution in [3.05, 3.63) is 52.5 Å². The molecule has 0 bridgehead atoms. The molecule has 120 valence electrons. The van der Waals surface area contributed by atoms with E-state index >= 15 is 0 Å². The number of halogens is 1. The molecule has 23 heavy (non-hydrogen) atoms. The molecule has 2 aromatic rings. The molecule has 1 aliphatic rings. The third-order valence-corrected chi connectivity index (χ3v) is 5.23. The maximum absolute atomic E-state index is 12.4. The summed E-state index contributed by atoms with van der Waals surface area (Å²) >= 11 is 3.32. The zero-order chi connectivity index (χ0) is 16.4. The van der Waals surface area contributed by atoms with Crippen LogP contribution in [0.15, 0.2) is 51.8 Å². The van der Waals surface area contributed by atoms with Gasteiger partial charge in [0.25, 0.3) is 10.0 Å². The standard InChI is InChI=1S/C15H14BrN3O3S/c16-11-2-4-12(5-3-11)18-19-23(21,22)13-6-7-14-10(9-13)1-8-15(20)17-14/h2-7,9,18-19H,1,8H2,(H,17,20). The van der Waals surface area contributed by atoms with Crippen LogP contribution < -0.4 is 15.6 Å². The van der Waals surface area contributed by atoms with Gasteiger partial charge in [-0.3, -0.25) is 4.79 Å². The molecule has 2 aromatic carbocycles. The highest BCUT2D eigenvalue weighted by atomic mass is 79.9. The van der Waals surface area contributed by atoms with Gasteiger partial charge in [0, 0.05) is 22.3 Å². The Morgan fingerprint density at radius 2 is 1.78 bits per heavy atom. The van der Waals surface area contributed by atoms with Gasteiger partial charge in [0.05, 0.1) is 4.90 Å². The van der Waals surface area contributed by atoms with E-state index < -0.39 is 10.0 Å². The molecule has 0 fully saturated rings. The van der Waals surface area contributed by atoms with Crippen LogP contribution in [0.3, 0.4) is 0 Å². The van der Waals surface area contributed by atoms with Gasteiger partial charge in [-0.25, -0.2) is 8.42 Å². The fourth-order valence-electron chi connectivity index (χ4n) is 2.25. The number of hydrogen-bond acceptors (Lipinski definition) is 4. The SMILES string of the molecule is O=C1CCc2cc(S(=O)(=O)NNc3ccc(Br)cc3)ccc2N1. The van der Waals surface area contributed by atoms with E-state index in [9.17, 15) is 13.2 Å². The van der Waals surface area contributed by atoms with Crippen LogP contribution >= 0.6 is 15.9 Å². The minimum atomic E-state index is -3.70. The minimum Gasteiger partial charge on any atom is -0.326 e. The second-order valence-electron chi connectivity index (χ2n) is 5.10. The summed E-state index contributed by atoms with van der Waals surface area (Å²) in [5, 5.41) is 2.73. The highest BCUT2D eigenvalue weighted by molar-refractivity contribution is 9.10. The number of anilines is 2. The molecule has 0 unspecified atom stereocenters. The van der Waals surface area contributed by atoms with Gasteiger partial charge in [-0.1, -0.05) is 15.9 Å². The van der Waals surface area contributed by atoms with Gasteiger partial charge in [0.1, 0.15) is 0 Å². The molecular formula is C15H14BrN3O3S. The molecule has 1 heterocycles. The van der Waals surface area contributed by atoms with Gasteiger partial charge in [-0.15, -0.1) is 4.83 Å². The molecule has 0 aliphatic carbocycles. The van der Waals surface area contributed by atoms with Crippen LogP contribution in [-0.4, -0.2) is 14.3 Å². The molecule has 1 aliphatic heterocycles. The molecule has 3 N–H and O–H groups in total. The number of nitrogens with one attached hydrogen (secondary N) is 3. The summed E-state index contributed by atoms with van der Waals surface area (Å²) in [6.45, 7) is 0. The van der Waals surface area contributed by atoms with Crippen LogP contribution in [0.1, 0.15) is 12.0 Å². The lowest BCUT2D eigenvalue weighted by molar-refractivity contribution is -0.116. The number of hydrogen-bond donors (Lipinski definition) is 3. The summed E-state index contributed by atoms with van der Waals surface area (Å²) in [7, 11) is -3.70. The largest absolute Gasteiger partial charge is 0.326 e. The molecule has 8 heteroatoms. The summed E-state index contributed by atoms with van der Waals surface area (Å²) in [6.07, 6.45) is 0.895. The van der Waals surface area contributed by atoms with Gasteiger partial charge in [0.2, 0.25) is 5.91 Å². The van der Waals surface area contributed by atoms with Crippen molar-refractivity contribution >= 4 is 43.2 Å². The van der Waals surface area contributed by atoms with Crippen LogP contribution in [0, 0.1) is 0 Å². The first kappa shape index (κ1) is 16.0. The Morgan fingerprint density at radius 1 is 1.04 bits per heavy atom. The summed E-state index contributed by atoms with van der Waals surface area (Å²) in [5.41, 5.74) is 4.78. The minimum absolute atomic E-state index is 0.0527. The van der Waals surface area contributed by atoms with E-state index in [1.54, 1.807) is 36.4 Å². The lowest BCUT2D eigenvalue weighted by atomic mass is 10.0. The maximum atomic E-state index is 12.4. The van der Waals surface area contributed by atoms with Gasteiger partial charge in [-0.2, -0.15) is 0 Å². The smallest absolute Gasteiger partial charge is 0.257 e. The van der Waals surface area contributed by atoms with Crippen molar-refractivity contribution in [1.29, 1.82) is 0 Å². The summed E-state index contributed by atoms with van der Waals surface area (Å²) in [6, 6.07) is 11.8. The lowest BCUT2D eigenvalue weighted by Gasteiger charge is -2.18. The third kappa shape index (κ3) is 3.72. The molecule has 0 atom stereocenters. The zero-order valence-corrected chi connectivity index (χ0v) is 14.4. The van der Waals surface area contributed by atoms with Crippen molar-refractivity contribution in [2.24, 2.45) is 0 Å². The predicted molar refractivity (Wildman–Crippen MR) is 91.5 cm³/mol. The van der Waals surface area contributed by atoms with Gasteiger partial charge in [0.15, 0.2) is 0 Å². The quantitative estimate of drug-likeness (QED) is 0.694. The average molecular weight is 396 g/mol. The van der Waals surface area contributed by atoms with Gasteiger partial charge >= 0.3 is 0 Å². The highest BCUT2D eigenvalue weighted by Crippen LogP contribution is 2.25. The van der Waals surface area contributed by atoms with E-state index in [0.717, 1.165) is 10.0 Å². The third-order valence-electron chi connectivity index (χ3n) is 3.46. The molecule has 3 rings (SSSR count). The van der Waals surface area contributed by atoms with Crippen LogP contribution in [-0.2, 0) is 21.2 Å². The van der Waals surface area contributed by atoms with Gasteiger partial charge in [-0.05, 0) is 54.4 Å². The molecule has 0 radical (unpaired) electrons. The van der Waals surface area contributed by atoms with Crippen LogP contribution in [0.5, 0.6) is 0 Å². The molecule has 1 amide bonds. The Labute approximate surface area is 142 Å². The molecule has 0 aromatic heterocycles. The second kappa shape index (κ2) is 6.31. The topological polar surface area (TPSA) is 87.3 Å². The van der Waals surface area contributed by atoms with E-state index in [2.05, 4.69) is 31.5 Å². The molecule has 0 saturated carbocycles. The number of aryl methyl sites for hydroxylation is 1. The van der Waals surface area contributed by atoms with E-state index in [1.165, 1.54) is 6.07 Å². The first-order chi connectivity index (χ1) is 10.9. The normalized spacial score (nSPS) is 14.0. The van der Waals surface area contributed by atoms with Crippen molar-refractivity contribution in [2.75, 3.05) is 10.7 Å². The highest BCUT2D eigenvalue weighted by Gasteiger charge is 2.19. The van der Waals surface area contributed by atoms with Crippen molar-refractivity contribution in [3.63, 3.8) is 0 Å². The molecular weight excluding hydrogens is 382 g/mol. The van der Waals surface area contributed by atoms with E-state index in [1.807, 2.05) is 0 Å². The number of benzene rings is 2. The van der Waals surface area contributed by atoms with Crippen LogP contribution in [0.25, 0.3) is 0 Å². The number of hydrazine groups is 1. The Balaban J connectivity index is 1.77. The molecule has 0 spiro atoms. The molecule has 6 nitrogen and oxygen atoms in total. The number of carbonyl (C=O) groups excluding carboxylic acids is 1. The Morgan fingerprint density at radius 3 is 2.52 bits per heavy atom. The number of sulfonamides is 1. The number of amides is 1. The maximum Gasteiger partial charge on any atom is 0.257 e. The summed E-state index contributed by atoms with van der Waals surface area (Å²) in [4.78, 5) is 13.8. The van der Waals surface area contributed by atoms with E-state index in [4.69, 9.17) is 0 Å². The molecule has 0 saturated heterocycles. The van der Waals surface area contributed by atoms with Gasteiger partial charge < -0.3 is 10.7 Å². The predicted octanol–water partition coefficient (Wildman–Crippen LogP) is 2.64. The fourth-order valence-corrected chi connectivity index (χ4v) is 3.42. The van der Waals surface area contributed by atoms with Crippen LogP contribution in [0.4, 0.5) is 11.4 Å². The second-order valence-corrected chi connectivity index (χ2v) is 7.70. The van der Waals surface area contributed by atoms with Crippen molar-refractivity contribution in [3.8, 4) is 0 Å². The van der Waals surface area contributed by atoms with Crippen molar-refractivity contribution < 1.29 is 13.2 Å². The average Bonchev–Trinajstić information content (AvgIpc) is 2.54. The fraction of sp³-hybridized carbons (Fsp3) is 0.133. The number of rotatable bonds is 4. The van der Waals surface area contributed by atoms with Crippen molar-refractivity contribution in [2.45, 2.75) is 17.7 Å².